The summed E-state index contributed by atoms with van der Waals surface area (Å²) < 4.78 is 4.97. The molecular weight excluding hydrogens is 458 g/mol. The number of aromatic nitrogens is 3. The molecule has 0 amide bonds. The van der Waals surface area contributed by atoms with Crippen molar-refractivity contribution in [1.29, 1.82) is 0 Å². The highest BCUT2D eigenvalue weighted by Crippen LogP contribution is 2.45. The van der Waals surface area contributed by atoms with E-state index in [0.717, 1.165) is 27.6 Å². The molecule has 9 aromatic rings. The first-order valence-corrected chi connectivity index (χ1v) is 12.9. The minimum Gasteiger partial charge on any atom is -0.291 e. The predicted octanol–water partition coefficient (Wildman–Crippen LogP) is 8.81. The zero-order valence-corrected chi connectivity index (χ0v) is 19.9. The summed E-state index contributed by atoms with van der Waals surface area (Å²) in [6.45, 7) is 0. The Labute approximate surface area is 209 Å². The summed E-state index contributed by atoms with van der Waals surface area (Å²) in [4.78, 5) is 10.1. The number of fused-ring (bicyclic) bond motifs is 11. The number of hydrogen-bond acceptors (Lipinski definition) is 3. The topological polar surface area (TPSA) is 30.2 Å². The fourth-order valence-corrected chi connectivity index (χ4v) is 7.12. The molecule has 0 fully saturated rings. The van der Waals surface area contributed by atoms with Crippen molar-refractivity contribution in [3.05, 3.63) is 103 Å². The van der Waals surface area contributed by atoms with Gasteiger partial charge in [0.05, 0.1) is 22.1 Å². The van der Waals surface area contributed by atoms with Crippen LogP contribution in [0.25, 0.3) is 80.7 Å². The van der Waals surface area contributed by atoms with Gasteiger partial charge in [0.25, 0.3) is 0 Å². The third-order valence-electron chi connectivity index (χ3n) is 7.51. The van der Waals surface area contributed by atoms with Crippen LogP contribution in [0.3, 0.4) is 0 Å². The third-order valence-corrected chi connectivity index (χ3v) is 8.63. The van der Waals surface area contributed by atoms with Crippen molar-refractivity contribution in [3.8, 4) is 11.1 Å². The number of nitrogens with zero attached hydrogens (tertiary/aromatic N) is 3. The lowest BCUT2D eigenvalue weighted by Crippen LogP contribution is -1.88. The molecule has 0 bridgehead atoms. The summed E-state index contributed by atoms with van der Waals surface area (Å²) in [6, 6.07) is 36.8. The lowest BCUT2D eigenvalue weighted by Gasteiger charge is -2.03. The van der Waals surface area contributed by atoms with Gasteiger partial charge in [-0.2, -0.15) is 0 Å². The van der Waals surface area contributed by atoms with Gasteiger partial charge in [-0.1, -0.05) is 72.8 Å². The fraction of sp³-hybridized carbons (Fsp3) is 0. The van der Waals surface area contributed by atoms with E-state index in [1.165, 1.54) is 53.1 Å². The van der Waals surface area contributed by atoms with Crippen LogP contribution in [0.2, 0.25) is 0 Å². The number of para-hydroxylation sites is 3. The Hall–Kier alpha value is -4.54. The summed E-state index contributed by atoms with van der Waals surface area (Å²) in [5.41, 5.74) is 8.68. The second-order valence-electron chi connectivity index (χ2n) is 9.43. The molecule has 0 aliphatic carbocycles. The van der Waals surface area contributed by atoms with Crippen molar-refractivity contribution < 1.29 is 0 Å². The second kappa shape index (κ2) is 6.56. The molecule has 0 saturated carbocycles. The van der Waals surface area contributed by atoms with Gasteiger partial charge in [0, 0.05) is 36.3 Å². The van der Waals surface area contributed by atoms with E-state index in [9.17, 15) is 0 Å². The minimum absolute atomic E-state index is 0.926. The number of rotatable bonds is 1. The first kappa shape index (κ1) is 18.7. The maximum atomic E-state index is 5.10. The largest absolute Gasteiger partial charge is 0.291 e. The summed E-state index contributed by atoms with van der Waals surface area (Å²) >= 11 is 1.88. The van der Waals surface area contributed by atoms with E-state index in [2.05, 4.69) is 83.3 Å². The molecule has 0 aliphatic heterocycles. The zero-order chi connectivity index (χ0) is 23.4. The molecule has 0 unspecified atom stereocenters. The molecule has 0 radical (unpaired) electrons. The minimum atomic E-state index is 0.926. The predicted molar refractivity (Wildman–Crippen MR) is 153 cm³/mol. The molecule has 0 aliphatic rings. The second-order valence-corrected chi connectivity index (χ2v) is 10.5. The molecule has 4 aromatic heterocycles. The van der Waals surface area contributed by atoms with Crippen LogP contribution in [0.5, 0.6) is 0 Å². The van der Waals surface area contributed by atoms with E-state index in [1.54, 1.807) is 0 Å². The molecule has 9 rings (SSSR count). The Morgan fingerprint density at radius 2 is 1.36 bits per heavy atom. The maximum Gasteiger partial charge on any atom is 0.165 e. The van der Waals surface area contributed by atoms with Crippen molar-refractivity contribution in [2.45, 2.75) is 0 Å². The van der Waals surface area contributed by atoms with Crippen molar-refractivity contribution in [3.63, 3.8) is 0 Å². The highest BCUT2D eigenvalue weighted by atomic mass is 32.1. The van der Waals surface area contributed by atoms with E-state index in [4.69, 9.17) is 9.97 Å². The number of hydrogen-bond donors (Lipinski definition) is 0. The van der Waals surface area contributed by atoms with Gasteiger partial charge < -0.3 is 0 Å². The molecule has 4 heteroatoms. The zero-order valence-electron chi connectivity index (χ0n) is 19.1. The molecular formula is C32H17N3S. The van der Waals surface area contributed by atoms with Gasteiger partial charge in [-0.05, 0) is 41.5 Å². The van der Waals surface area contributed by atoms with E-state index >= 15 is 0 Å². The van der Waals surface area contributed by atoms with Crippen molar-refractivity contribution >= 4 is 80.9 Å². The molecule has 0 atom stereocenters. The standard InChI is InChI=1S/C32H17N3S/c1-2-7-18(8-3-1)19-13-14-20-27(17-19)36-26-16-15-25-28(29(20)26)21-9-6-10-22-30-32(35(25)31(21)22)34-24-12-5-4-11-23(24)33-30/h1-17H. The number of thiophene rings is 1. The van der Waals surface area contributed by atoms with Gasteiger partial charge in [0.2, 0.25) is 0 Å². The summed E-state index contributed by atoms with van der Waals surface area (Å²) in [7, 11) is 0. The molecule has 0 N–H and O–H groups in total. The van der Waals surface area contributed by atoms with Crippen LogP contribution in [0.15, 0.2) is 103 Å². The Kier molecular flexibility index (Phi) is 3.42. The molecule has 4 heterocycles. The van der Waals surface area contributed by atoms with Crippen LogP contribution >= 0.6 is 11.3 Å². The molecule has 5 aromatic carbocycles. The van der Waals surface area contributed by atoms with Crippen LogP contribution in [-0.2, 0) is 0 Å². The van der Waals surface area contributed by atoms with E-state index < -0.39 is 0 Å². The summed E-state index contributed by atoms with van der Waals surface area (Å²) in [6.07, 6.45) is 0. The van der Waals surface area contributed by atoms with E-state index in [1.807, 2.05) is 35.6 Å². The highest BCUT2D eigenvalue weighted by Gasteiger charge is 2.22. The Morgan fingerprint density at radius 3 is 2.25 bits per heavy atom. The Morgan fingerprint density at radius 1 is 0.556 bits per heavy atom. The Bertz CT molecular complexity index is 2310. The van der Waals surface area contributed by atoms with Gasteiger partial charge in [0.1, 0.15) is 5.52 Å². The van der Waals surface area contributed by atoms with Gasteiger partial charge >= 0.3 is 0 Å². The average Bonchev–Trinajstić information content (AvgIpc) is 3.58. The Balaban J connectivity index is 1.45. The van der Waals surface area contributed by atoms with Crippen molar-refractivity contribution in [2.75, 3.05) is 0 Å². The van der Waals surface area contributed by atoms with Crippen molar-refractivity contribution in [1.82, 2.24) is 14.4 Å². The first-order chi connectivity index (χ1) is 17.8. The van der Waals surface area contributed by atoms with Crippen LogP contribution in [-0.4, -0.2) is 14.4 Å². The van der Waals surface area contributed by atoms with E-state index in [0.29, 0.717) is 0 Å². The maximum absolute atomic E-state index is 5.10. The SMILES string of the molecule is c1ccc(-c2ccc3c(c2)sc2ccc4c(c5cccc6c7nc8ccccc8nc7n4c65)c23)cc1. The van der Waals surface area contributed by atoms with Gasteiger partial charge in [-0.25, -0.2) is 9.97 Å². The molecule has 3 nitrogen and oxygen atoms in total. The van der Waals surface area contributed by atoms with Gasteiger partial charge in [0.15, 0.2) is 5.65 Å². The van der Waals surface area contributed by atoms with Gasteiger partial charge in [-0.3, -0.25) is 4.40 Å². The molecule has 0 saturated heterocycles. The van der Waals surface area contributed by atoms with Crippen molar-refractivity contribution in [2.24, 2.45) is 0 Å². The lowest BCUT2D eigenvalue weighted by atomic mass is 10.0. The normalized spacial score (nSPS) is 12.4. The highest BCUT2D eigenvalue weighted by molar-refractivity contribution is 7.26. The lowest BCUT2D eigenvalue weighted by molar-refractivity contribution is 1.28. The van der Waals surface area contributed by atoms with Crippen LogP contribution in [0.4, 0.5) is 0 Å². The fourth-order valence-electron chi connectivity index (χ4n) is 5.97. The monoisotopic (exact) mass is 475 g/mol. The smallest absolute Gasteiger partial charge is 0.165 e. The molecule has 0 spiro atoms. The third kappa shape index (κ3) is 2.27. The summed E-state index contributed by atoms with van der Waals surface area (Å²) in [5, 5.41) is 6.39. The molecule has 36 heavy (non-hydrogen) atoms. The average molecular weight is 476 g/mol. The first-order valence-electron chi connectivity index (χ1n) is 12.1. The number of benzene rings is 5. The molecule has 166 valence electrons. The van der Waals surface area contributed by atoms with Gasteiger partial charge in [-0.15, -0.1) is 11.3 Å². The van der Waals surface area contributed by atoms with Crippen LogP contribution in [0, 0.1) is 0 Å². The van der Waals surface area contributed by atoms with Crippen LogP contribution < -0.4 is 0 Å². The van der Waals surface area contributed by atoms with Crippen LogP contribution in [0.1, 0.15) is 0 Å². The van der Waals surface area contributed by atoms with E-state index in [-0.39, 0.29) is 0 Å². The summed E-state index contributed by atoms with van der Waals surface area (Å²) in [5.74, 6) is 0. The quantitative estimate of drug-likeness (QED) is 0.237.